The topological polar surface area (TPSA) is 101 Å². The first-order valence-electron chi connectivity index (χ1n) is 7.70. The van der Waals surface area contributed by atoms with E-state index in [0.29, 0.717) is 0 Å². The number of aromatic amines is 1. The molecule has 2 aromatic rings. The average molecular weight is 319 g/mol. The number of nitrogens with one attached hydrogen (secondary N) is 1. The first kappa shape index (κ1) is 20.8. The molecule has 0 saturated carbocycles. The third kappa shape index (κ3) is 8.75. The van der Waals surface area contributed by atoms with Gasteiger partial charge in [-0.2, -0.15) is 5.10 Å². The van der Waals surface area contributed by atoms with Gasteiger partial charge in [0.2, 0.25) is 0 Å². The van der Waals surface area contributed by atoms with Crippen molar-refractivity contribution in [1.29, 1.82) is 0 Å². The Morgan fingerprint density at radius 1 is 1.22 bits per heavy atom. The van der Waals surface area contributed by atoms with Crippen LogP contribution in [0.4, 0.5) is 5.69 Å². The molecule has 0 aliphatic heterocycles. The highest BCUT2D eigenvalue weighted by Crippen LogP contribution is 2.22. The number of nitrogen functional groups attached to an aromatic ring is 1. The van der Waals surface area contributed by atoms with Gasteiger partial charge < -0.3 is 21.2 Å². The molecule has 1 heterocycles. The molecule has 0 spiro atoms. The third-order valence-electron chi connectivity index (χ3n) is 3.16. The summed E-state index contributed by atoms with van der Waals surface area (Å²) in [6, 6.07) is 9.59. The standard InChI is InChI=1S/C9H9N3.C7H18N2.CH2O/c10-8-4-2-1-3-7(8)9-5-6-11-12-9;1-3-4-6-9(2)7-5-8;1-2/h1-6H,10H2,(H,11,12);3-8H2,1-2H3;1H2. The highest BCUT2D eigenvalue weighted by atomic mass is 16.1. The predicted octanol–water partition coefficient (Wildman–Crippen LogP) is 2.15. The van der Waals surface area contributed by atoms with E-state index in [1.165, 1.54) is 19.4 Å². The summed E-state index contributed by atoms with van der Waals surface area (Å²) in [7, 11) is 2.11. The number of hydrogen-bond donors (Lipinski definition) is 3. The Bertz CT molecular complexity index is 501. The van der Waals surface area contributed by atoms with E-state index >= 15 is 0 Å². The van der Waals surface area contributed by atoms with Gasteiger partial charge in [0.15, 0.2) is 0 Å². The van der Waals surface area contributed by atoms with Crippen molar-refractivity contribution in [1.82, 2.24) is 15.1 Å². The molecule has 0 radical (unpaired) electrons. The molecule has 2 rings (SSSR count). The van der Waals surface area contributed by atoms with E-state index in [-0.39, 0.29) is 0 Å². The molecule has 1 aromatic heterocycles. The van der Waals surface area contributed by atoms with Gasteiger partial charge in [0.1, 0.15) is 6.79 Å². The quantitative estimate of drug-likeness (QED) is 0.708. The van der Waals surface area contributed by atoms with Crippen molar-refractivity contribution in [3.8, 4) is 11.3 Å². The molecule has 23 heavy (non-hydrogen) atoms. The molecule has 0 bridgehead atoms. The number of carbonyl (C=O) groups is 1. The molecule has 0 fully saturated rings. The monoisotopic (exact) mass is 319 g/mol. The van der Waals surface area contributed by atoms with Crippen molar-refractivity contribution in [3.63, 3.8) is 0 Å². The number of carbonyl (C=O) groups excluding carboxylic acids is 1. The van der Waals surface area contributed by atoms with E-state index in [4.69, 9.17) is 16.3 Å². The van der Waals surface area contributed by atoms with Gasteiger partial charge in [0.25, 0.3) is 0 Å². The summed E-state index contributed by atoms with van der Waals surface area (Å²) >= 11 is 0. The van der Waals surface area contributed by atoms with Gasteiger partial charge in [-0.3, -0.25) is 5.10 Å². The number of likely N-dealkylation sites (N-methyl/N-ethyl adjacent to an activating group) is 1. The Balaban J connectivity index is 0.000000396. The van der Waals surface area contributed by atoms with Crippen molar-refractivity contribution in [3.05, 3.63) is 36.5 Å². The van der Waals surface area contributed by atoms with Crippen LogP contribution in [-0.2, 0) is 4.79 Å². The lowest BCUT2D eigenvalue weighted by Gasteiger charge is -2.13. The Kier molecular flexibility index (Phi) is 12.2. The molecule has 6 heteroatoms. The zero-order valence-electron chi connectivity index (χ0n) is 14.2. The number of hydrogen-bond acceptors (Lipinski definition) is 5. The minimum atomic E-state index is 0.766. The van der Waals surface area contributed by atoms with Crippen LogP contribution >= 0.6 is 0 Å². The smallest absolute Gasteiger partial charge is 0.106 e. The maximum atomic E-state index is 8.00. The maximum absolute atomic E-state index is 8.00. The Hall–Kier alpha value is -2.18. The van der Waals surface area contributed by atoms with E-state index in [0.717, 1.165) is 30.0 Å². The van der Waals surface area contributed by atoms with Crippen LogP contribution in [0.3, 0.4) is 0 Å². The van der Waals surface area contributed by atoms with Crippen LogP contribution in [0, 0.1) is 0 Å². The van der Waals surface area contributed by atoms with Gasteiger partial charge >= 0.3 is 0 Å². The van der Waals surface area contributed by atoms with Crippen LogP contribution in [0.1, 0.15) is 19.8 Å². The van der Waals surface area contributed by atoms with E-state index in [9.17, 15) is 0 Å². The third-order valence-corrected chi connectivity index (χ3v) is 3.16. The van der Waals surface area contributed by atoms with Gasteiger partial charge in [0.05, 0.1) is 5.69 Å². The summed E-state index contributed by atoms with van der Waals surface area (Å²) in [5.41, 5.74) is 13.8. The second kappa shape index (κ2) is 13.5. The van der Waals surface area contributed by atoms with Gasteiger partial charge in [-0.25, -0.2) is 0 Å². The predicted molar refractivity (Wildman–Crippen MR) is 97.0 cm³/mol. The van der Waals surface area contributed by atoms with Crippen molar-refractivity contribution < 1.29 is 4.79 Å². The Labute approximate surface area is 138 Å². The number of unbranched alkanes of at least 4 members (excludes halogenated alkanes) is 1. The van der Waals surface area contributed by atoms with Crippen molar-refractivity contribution in [2.24, 2.45) is 5.73 Å². The van der Waals surface area contributed by atoms with Crippen LogP contribution in [0.15, 0.2) is 36.5 Å². The number of nitrogens with two attached hydrogens (primary N) is 2. The lowest BCUT2D eigenvalue weighted by atomic mass is 10.1. The minimum Gasteiger partial charge on any atom is -0.398 e. The van der Waals surface area contributed by atoms with Gasteiger partial charge in [-0.05, 0) is 32.1 Å². The number of para-hydroxylation sites is 1. The van der Waals surface area contributed by atoms with E-state index in [2.05, 4.69) is 29.1 Å². The molecule has 0 saturated heterocycles. The molecule has 1 aromatic carbocycles. The molecule has 5 N–H and O–H groups in total. The van der Waals surface area contributed by atoms with Crippen molar-refractivity contribution >= 4 is 12.5 Å². The molecule has 0 amide bonds. The number of anilines is 1. The molecular weight excluding hydrogens is 290 g/mol. The number of rotatable bonds is 6. The number of H-pyrrole nitrogens is 1. The highest BCUT2D eigenvalue weighted by molar-refractivity contribution is 5.73. The fraction of sp³-hybridized carbons (Fsp3) is 0.412. The largest absolute Gasteiger partial charge is 0.398 e. The van der Waals surface area contributed by atoms with Crippen molar-refractivity contribution in [2.45, 2.75) is 19.8 Å². The first-order chi connectivity index (χ1) is 11.2. The first-order valence-corrected chi connectivity index (χ1v) is 7.70. The number of aromatic nitrogens is 2. The normalized spacial score (nSPS) is 9.57. The van der Waals surface area contributed by atoms with E-state index in [1.807, 2.05) is 37.1 Å². The highest BCUT2D eigenvalue weighted by Gasteiger charge is 2.00. The van der Waals surface area contributed by atoms with Gasteiger partial charge in [-0.1, -0.05) is 31.5 Å². The molecule has 0 aliphatic carbocycles. The molecular formula is C17H29N5O. The summed E-state index contributed by atoms with van der Waals surface area (Å²) in [6.45, 7) is 7.20. The Morgan fingerprint density at radius 3 is 2.43 bits per heavy atom. The Morgan fingerprint density at radius 2 is 1.91 bits per heavy atom. The molecule has 6 nitrogen and oxygen atoms in total. The summed E-state index contributed by atoms with van der Waals surface area (Å²) in [6.07, 6.45) is 4.27. The second-order valence-corrected chi connectivity index (χ2v) is 5.00. The van der Waals surface area contributed by atoms with E-state index in [1.54, 1.807) is 6.20 Å². The molecule has 0 atom stereocenters. The van der Waals surface area contributed by atoms with Crippen LogP contribution in [0.5, 0.6) is 0 Å². The van der Waals surface area contributed by atoms with Crippen molar-refractivity contribution in [2.75, 3.05) is 32.4 Å². The van der Waals surface area contributed by atoms with E-state index < -0.39 is 0 Å². The summed E-state index contributed by atoms with van der Waals surface area (Å²) in [4.78, 5) is 10.3. The molecule has 0 unspecified atom stereocenters. The summed E-state index contributed by atoms with van der Waals surface area (Å²) < 4.78 is 0. The van der Waals surface area contributed by atoms with Crippen LogP contribution in [0.25, 0.3) is 11.3 Å². The van der Waals surface area contributed by atoms with Gasteiger partial charge in [-0.15, -0.1) is 0 Å². The van der Waals surface area contributed by atoms with Gasteiger partial charge in [0, 0.05) is 30.5 Å². The minimum absolute atomic E-state index is 0.766. The SMILES string of the molecule is C=O.CCCCN(C)CCN.Nc1ccccc1-c1ccn[nH]1. The fourth-order valence-corrected chi connectivity index (χ4v) is 1.91. The average Bonchev–Trinajstić information content (AvgIpc) is 3.10. The zero-order valence-corrected chi connectivity index (χ0v) is 14.2. The second-order valence-electron chi connectivity index (χ2n) is 5.00. The number of benzene rings is 1. The summed E-state index contributed by atoms with van der Waals surface area (Å²) in [5, 5.41) is 6.72. The molecule has 0 aliphatic rings. The van der Waals surface area contributed by atoms with Crippen LogP contribution in [0.2, 0.25) is 0 Å². The maximum Gasteiger partial charge on any atom is 0.106 e. The van der Waals surface area contributed by atoms with Crippen LogP contribution < -0.4 is 11.5 Å². The fourth-order valence-electron chi connectivity index (χ4n) is 1.91. The zero-order chi connectivity index (χ0) is 17.5. The lowest BCUT2D eigenvalue weighted by molar-refractivity contribution is -0.0979. The van der Waals surface area contributed by atoms with Crippen LogP contribution in [-0.4, -0.2) is 48.6 Å². The lowest BCUT2D eigenvalue weighted by Crippen LogP contribution is -2.26. The molecule has 128 valence electrons. The summed E-state index contributed by atoms with van der Waals surface area (Å²) in [5.74, 6) is 0. The number of nitrogens with zero attached hydrogens (tertiary/aromatic N) is 2.